The molecule has 1 fully saturated rings. The van der Waals surface area contributed by atoms with Gasteiger partial charge >= 0.3 is 5.97 Å². The minimum atomic E-state index is -0.645. The monoisotopic (exact) mass is 278 g/mol. The zero-order chi connectivity index (χ0) is 14.6. The SMILES string of the molecule is COC(=O)C1(Nc2cccc(OC)c2)CCN(C)CC1. The fraction of sp³-hybridized carbons (Fsp3) is 0.533. The summed E-state index contributed by atoms with van der Waals surface area (Å²) >= 11 is 0. The van der Waals surface area contributed by atoms with Crippen LogP contribution in [-0.2, 0) is 9.53 Å². The van der Waals surface area contributed by atoms with Crippen molar-refractivity contribution in [2.75, 3.05) is 39.7 Å². The van der Waals surface area contributed by atoms with E-state index in [1.165, 1.54) is 7.11 Å². The van der Waals surface area contributed by atoms with Crippen molar-refractivity contribution in [2.24, 2.45) is 0 Å². The fourth-order valence-corrected chi connectivity index (χ4v) is 2.55. The molecule has 1 aliphatic rings. The summed E-state index contributed by atoms with van der Waals surface area (Å²) in [5.74, 6) is 0.566. The molecule has 1 heterocycles. The van der Waals surface area contributed by atoms with Crippen LogP contribution in [0.3, 0.4) is 0 Å². The zero-order valence-electron chi connectivity index (χ0n) is 12.3. The summed E-state index contributed by atoms with van der Waals surface area (Å²) in [6, 6.07) is 7.61. The first-order chi connectivity index (χ1) is 9.59. The van der Waals surface area contributed by atoms with E-state index in [0.717, 1.165) is 37.4 Å². The Balaban J connectivity index is 2.21. The number of nitrogens with one attached hydrogen (secondary N) is 1. The maximum atomic E-state index is 12.2. The standard InChI is InChI=1S/C15H22N2O3/c1-17-9-7-15(8-10-17,14(18)20-3)16-12-5-4-6-13(11-12)19-2/h4-6,11,16H,7-10H2,1-3H3. The number of methoxy groups -OCH3 is 2. The second-order valence-corrected chi connectivity index (χ2v) is 5.23. The number of nitrogens with zero attached hydrogens (tertiary/aromatic N) is 1. The lowest BCUT2D eigenvalue weighted by molar-refractivity contribution is -0.147. The van der Waals surface area contributed by atoms with E-state index < -0.39 is 5.54 Å². The third-order valence-electron chi connectivity index (χ3n) is 3.87. The van der Waals surface area contributed by atoms with Crippen LogP contribution < -0.4 is 10.1 Å². The lowest BCUT2D eigenvalue weighted by Gasteiger charge is -2.39. The van der Waals surface area contributed by atoms with Gasteiger partial charge in [-0.2, -0.15) is 0 Å². The van der Waals surface area contributed by atoms with Gasteiger partial charge in [-0.05, 0) is 32.0 Å². The van der Waals surface area contributed by atoms with E-state index in [0.29, 0.717) is 0 Å². The number of hydrogen-bond donors (Lipinski definition) is 1. The molecule has 2 rings (SSSR count). The number of carbonyl (C=O) groups excluding carboxylic acids is 1. The number of hydrogen-bond acceptors (Lipinski definition) is 5. The topological polar surface area (TPSA) is 50.8 Å². The van der Waals surface area contributed by atoms with Crippen molar-refractivity contribution < 1.29 is 14.3 Å². The molecule has 0 bridgehead atoms. The number of piperidine rings is 1. The Labute approximate surface area is 119 Å². The fourth-order valence-electron chi connectivity index (χ4n) is 2.55. The van der Waals surface area contributed by atoms with Crippen LogP contribution in [0.4, 0.5) is 5.69 Å². The molecule has 0 unspecified atom stereocenters. The van der Waals surface area contributed by atoms with Gasteiger partial charge in [0.2, 0.25) is 0 Å². The molecule has 1 aromatic rings. The summed E-state index contributed by atoms with van der Waals surface area (Å²) in [5.41, 5.74) is 0.229. The molecule has 0 atom stereocenters. The highest BCUT2D eigenvalue weighted by atomic mass is 16.5. The van der Waals surface area contributed by atoms with Gasteiger partial charge in [0, 0.05) is 24.8 Å². The smallest absolute Gasteiger partial charge is 0.331 e. The minimum Gasteiger partial charge on any atom is -0.497 e. The molecule has 0 spiro atoms. The van der Waals surface area contributed by atoms with Gasteiger partial charge in [0.15, 0.2) is 0 Å². The Morgan fingerprint density at radius 2 is 2.00 bits per heavy atom. The maximum Gasteiger partial charge on any atom is 0.331 e. The van der Waals surface area contributed by atoms with Gasteiger partial charge in [-0.25, -0.2) is 4.79 Å². The van der Waals surface area contributed by atoms with Crippen LogP contribution in [-0.4, -0.2) is 50.8 Å². The Kier molecular flexibility index (Phi) is 4.49. The van der Waals surface area contributed by atoms with E-state index in [1.54, 1.807) is 7.11 Å². The van der Waals surface area contributed by atoms with Gasteiger partial charge in [0.05, 0.1) is 14.2 Å². The number of ether oxygens (including phenoxy) is 2. The Morgan fingerprint density at radius 1 is 1.30 bits per heavy atom. The predicted octanol–water partition coefficient (Wildman–Crippen LogP) is 1.74. The van der Waals surface area contributed by atoms with E-state index in [4.69, 9.17) is 9.47 Å². The molecule has 1 N–H and O–H groups in total. The molecule has 0 aliphatic carbocycles. The lowest BCUT2D eigenvalue weighted by atomic mass is 9.87. The zero-order valence-corrected chi connectivity index (χ0v) is 12.3. The number of anilines is 1. The second kappa shape index (κ2) is 6.13. The van der Waals surface area contributed by atoms with Crippen LogP contribution in [0.5, 0.6) is 5.75 Å². The van der Waals surface area contributed by atoms with Gasteiger partial charge in [0.1, 0.15) is 11.3 Å². The van der Waals surface area contributed by atoms with E-state index in [1.807, 2.05) is 24.3 Å². The van der Waals surface area contributed by atoms with E-state index in [-0.39, 0.29) is 5.97 Å². The molecule has 110 valence electrons. The Bertz CT molecular complexity index is 468. The number of carbonyl (C=O) groups is 1. The van der Waals surface area contributed by atoms with Crippen LogP contribution in [0.15, 0.2) is 24.3 Å². The number of likely N-dealkylation sites (tertiary alicyclic amines) is 1. The molecule has 20 heavy (non-hydrogen) atoms. The normalized spacial score (nSPS) is 18.4. The van der Waals surface area contributed by atoms with Crippen LogP contribution in [0.1, 0.15) is 12.8 Å². The molecule has 1 saturated heterocycles. The van der Waals surface area contributed by atoms with Crippen LogP contribution >= 0.6 is 0 Å². The molecule has 1 aliphatic heterocycles. The first kappa shape index (κ1) is 14.7. The quantitative estimate of drug-likeness (QED) is 0.850. The molecule has 0 aromatic heterocycles. The largest absolute Gasteiger partial charge is 0.497 e. The molecule has 1 aromatic carbocycles. The first-order valence-electron chi connectivity index (χ1n) is 6.79. The average Bonchev–Trinajstić information content (AvgIpc) is 2.49. The van der Waals surface area contributed by atoms with Gasteiger partial charge in [-0.3, -0.25) is 0 Å². The summed E-state index contributed by atoms with van der Waals surface area (Å²) in [6.07, 6.45) is 1.46. The minimum absolute atomic E-state index is 0.201. The van der Waals surface area contributed by atoms with E-state index >= 15 is 0 Å². The summed E-state index contributed by atoms with van der Waals surface area (Å²) < 4.78 is 10.2. The maximum absolute atomic E-state index is 12.2. The van der Waals surface area contributed by atoms with Crippen molar-refractivity contribution >= 4 is 11.7 Å². The van der Waals surface area contributed by atoms with Crippen molar-refractivity contribution in [1.29, 1.82) is 0 Å². The van der Waals surface area contributed by atoms with Crippen molar-refractivity contribution in [2.45, 2.75) is 18.4 Å². The molecule has 5 nitrogen and oxygen atoms in total. The van der Waals surface area contributed by atoms with Crippen LogP contribution in [0, 0.1) is 0 Å². The first-order valence-corrected chi connectivity index (χ1v) is 6.79. The van der Waals surface area contributed by atoms with Crippen molar-refractivity contribution in [3.8, 4) is 5.75 Å². The predicted molar refractivity (Wildman–Crippen MR) is 78.1 cm³/mol. The average molecular weight is 278 g/mol. The van der Waals surface area contributed by atoms with Gasteiger partial charge in [-0.15, -0.1) is 0 Å². The van der Waals surface area contributed by atoms with Crippen LogP contribution in [0.25, 0.3) is 0 Å². The molecule has 0 amide bonds. The Morgan fingerprint density at radius 3 is 2.60 bits per heavy atom. The van der Waals surface area contributed by atoms with E-state index in [9.17, 15) is 4.79 Å². The van der Waals surface area contributed by atoms with Gasteiger partial charge < -0.3 is 19.7 Å². The highest BCUT2D eigenvalue weighted by Gasteiger charge is 2.41. The second-order valence-electron chi connectivity index (χ2n) is 5.23. The highest BCUT2D eigenvalue weighted by Crippen LogP contribution is 2.29. The van der Waals surface area contributed by atoms with Crippen molar-refractivity contribution in [3.05, 3.63) is 24.3 Å². The molecule has 5 heteroatoms. The van der Waals surface area contributed by atoms with Crippen molar-refractivity contribution in [3.63, 3.8) is 0 Å². The number of esters is 1. The van der Waals surface area contributed by atoms with Gasteiger partial charge in [0.25, 0.3) is 0 Å². The summed E-state index contributed by atoms with van der Waals surface area (Å²) in [7, 11) is 5.13. The van der Waals surface area contributed by atoms with Crippen LogP contribution in [0.2, 0.25) is 0 Å². The third-order valence-corrected chi connectivity index (χ3v) is 3.87. The Hall–Kier alpha value is -1.75. The molecule has 0 saturated carbocycles. The number of benzene rings is 1. The van der Waals surface area contributed by atoms with Crippen molar-refractivity contribution in [1.82, 2.24) is 4.90 Å². The summed E-state index contributed by atoms with van der Waals surface area (Å²) in [5, 5.41) is 3.36. The summed E-state index contributed by atoms with van der Waals surface area (Å²) in [6.45, 7) is 1.73. The van der Waals surface area contributed by atoms with Gasteiger partial charge in [-0.1, -0.05) is 6.07 Å². The van der Waals surface area contributed by atoms with E-state index in [2.05, 4.69) is 17.3 Å². The molecule has 0 radical (unpaired) electrons. The number of rotatable bonds is 4. The lowest BCUT2D eigenvalue weighted by Crippen LogP contribution is -2.54. The third kappa shape index (κ3) is 3.04. The molecular formula is C15H22N2O3. The summed E-state index contributed by atoms with van der Waals surface area (Å²) in [4.78, 5) is 14.4. The molecular weight excluding hydrogens is 256 g/mol. The highest BCUT2D eigenvalue weighted by molar-refractivity contribution is 5.84.